The summed E-state index contributed by atoms with van der Waals surface area (Å²) in [6.07, 6.45) is 4.95. The minimum atomic E-state index is 0.201. The largest absolute Gasteiger partial charge is 0.379 e. The Morgan fingerprint density at radius 1 is 1.11 bits per heavy atom. The molecular weight excluding hydrogens is 230 g/mol. The lowest BCUT2D eigenvalue weighted by Crippen LogP contribution is -2.60. The molecule has 1 N–H and O–H groups in total. The van der Waals surface area contributed by atoms with Gasteiger partial charge < -0.3 is 19.5 Å². The Labute approximate surface area is 111 Å². The van der Waals surface area contributed by atoms with Crippen molar-refractivity contribution in [2.45, 2.75) is 57.8 Å². The van der Waals surface area contributed by atoms with Gasteiger partial charge in [0, 0.05) is 19.8 Å². The molecule has 0 spiro atoms. The van der Waals surface area contributed by atoms with E-state index in [4.69, 9.17) is 14.2 Å². The van der Waals surface area contributed by atoms with Gasteiger partial charge in [-0.05, 0) is 25.8 Å². The molecule has 0 aliphatic heterocycles. The maximum Gasteiger partial charge on any atom is 0.0986 e. The zero-order valence-corrected chi connectivity index (χ0v) is 12.1. The summed E-state index contributed by atoms with van der Waals surface area (Å²) in [5.74, 6) is 0. The van der Waals surface area contributed by atoms with Gasteiger partial charge in [-0.15, -0.1) is 0 Å². The van der Waals surface area contributed by atoms with Crippen LogP contribution in [0.15, 0.2) is 0 Å². The third kappa shape index (κ3) is 5.22. The molecule has 1 aliphatic rings. The fourth-order valence-corrected chi connectivity index (χ4v) is 2.20. The smallest absolute Gasteiger partial charge is 0.0986 e. The summed E-state index contributed by atoms with van der Waals surface area (Å²) in [4.78, 5) is 0. The summed E-state index contributed by atoms with van der Waals surface area (Å²) in [6.45, 7) is 7.61. The zero-order valence-electron chi connectivity index (χ0n) is 12.1. The number of nitrogens with one attached hydrogen (secondary N) is 1. The standard InChI is InChI=1S/C14H29NO3/c1-4-6-8-17-9-10-18-13-11-12(14(13)16-3)15-7-5-2/h12-15H,4-11H2,1-3H3. The number of hydrogen-bond acceptors (Lipinski definition) is 4. The van der Waals surface area contributed by atoms with Gasteiger partial charge in [0.15, 0.2) is 0 Å². The number of ether oxygens (including phenoxy) is 3. The van der Waals surface area contributed by atoms with Crippen LogP contribution in [0.5, 0.6) is 0 Å². The Bertz CT molecular complexity index is 201. The van der Waals surface area contributed by atoms with Crippen molar-refractivity contribution in [2.75, 3.05) is 33.5 Å². The van der Waals surface area contributed by atoms with E-state index in [-0.39, 0.29) is 12.2 Å². The lowest BCUT2D eigenvalue weighted by molar-refractivity contribution is -0.140. The molecule has 0 amide bonds. The molecule has 1 rings (SSSR count). The number of rotatable bonds is 11. The third-order valence-electron chi connectivity index (χ3n) is 3.38. The van der Waals surface area contributed by atoms with Crippen molar-refractivity contribution in [1.29, 1.82) is 0 Å². The van der Waals surface area contributed by atoms with Gasteiger partial charge in [0.2, 0.25) is 0 Å². The molecule has 1 fully saturated rings. The molecule has 0 heterocycles. The van der Waals surface area contributed by atoms with Crippen LogP contribution >= 0.6 is 0 Å². The Morgan fingerprint density at radius 3 is 2.61 bits per heavy atom. The molecule has 3 unspecified atom stereocenters. The molecule has 4 nitrogen and oxygen atoms in total. The van der Waals surface area contributed by atoms with Gasteiger partial charge in [-0.1, -0.05) is 20.3 Å². The van der Waals surface area contributed by atoms with Crippen molar-refractivity contribution in [2.24, 2.45) is 0 Å². The molecule has 0 radical (unpaired) electrons. The zero-order chi connectivity index (χ0) is 13.2. The van der Waals surface area contributed by atoms with Crippen molar-refractivity contribution in [3.63, 3.8) is 0 Å². The van der Waals surface area contributed by atoms with Gasteiger partial charge in [0.05, 0.1) is 25.4 Å². The second-order valence-corrected chi connectivity index (χ2v) is 4.87. The van der Waals surface area contributed by atoms with Gasteiger partial charge in [-0.25, -0.2) is 0 Å². The fourth-order valence-electron chi connectivity index (χ4n) is 2.20. The molecule has 0 bridgehead atoms. The maximum absolute atomic E-state index is 5.78. The van der Waals surface area contributed by atoms with Gasteiger partial charge in [-0.3, -0.25) is 0 Å². The van der Waals surface area contributed by atoms with Gasteiger partial charge >= 0.3 is 0 Å². The third-order valence-corrected chi connectivity index (χ3v) is 3.38. The van der Waals surface area contributed by atoms with Crippen molar-refractivity contribution >= 4 is 0 Å². The Balaban J connectivity index is 2.02. The summed E-state index contributed by atoms with van der Waals surface area (Å²) >= 11 is 0. The molecule has 1 saturated carbocycles. The van der Waals surface area contributed by atoms with E-state index in [1.807, 2.05) is 0 Å². The Morgan fingerprint density at radius 2 is 1.94 bits per heavy atom. The predicted molar refractivity (Wildman–Crippen MR) is 73.0 cm³/mol. The van der Waals surface area contributed by atoms with Crippen LogP contribution in [0.25, 0.3) is 0 Å². The highest BCUT2D eigenvalue weighted by Crippen LogP contribution is 2.26. The summed E-state index contributed by atoms with van der Waals surface area (Å²) in [7, 11) is 1.76. The molecule has 108 valence electrons. The average Bonchev–Trinajstić information content (AvgIpc) is 2.36. The Hall–Kier alpha value is -0.160. The van der Waals surface area contributed by atoms with Crippen LogP contribution in [0, 0.1) is 0 Å². The van der Waals surface area contributed by atoms with E-state index in [1.54, 1.807) is 7.11 Å². The molecule has 0 saturated heterocycles. The second kappa shape index (κ2) is 9.73. The molecule has 1 aliphatic carbocycles. The highest BCUT2D eigenvalue weighted by atomic mass is 16.6. The molecule has 0 aromatic heterocycles. The number of hydrogen-bond donors (Lipinski definition) is 1. The van der Waals surface area contributed by atoms with E-state index < -0.39 is 0 Å². The number of methoxy groups -OCH3 is 1. The molecule has 3 atom stereocenters. The van der Waals surface area contributed by atoms with Crippen LogP contribution in [0.3, 0.4) is 0 Å². The van der Waals surface area contributed by atoms with Crippen LogP contribution in [0.4, 0.5) is 0 Å². The van der Waals surface area contributed by atoms with Crippen molar-refractivity contribution < 1.29 is 14.2 Å². The van der Waals surface area contributed by atoms with Gasteiger partial charge in [0.25, 0.3) is 0 Å². The molecule has 4 heteroatoms. The van der Waals surface area contributed by atoms with Crippen LogP contribution in [0.2, 0.25) is 0 Å². The minimum Gasteiger partial charge on any atom is -0.379 e. The monoisotopic (exact) mass is 259 g/mol. The average molecular weight is 259 g/mol. The van der Waals surface area contributed by atoms with Crippen LogP contribution < -0.4 is 5.32 Å². The molecule has 0 aromatic rings. The van der Waals surface area contributed by atoms with E-state index in [2.05, 4.69) is 19.2 Å². The topological polar surface area (TPSA) is 39.7 Å². The highest BCUT2D eigenvalue weighted by Gasteiger charge is 2.41. The lowest BCUT2D eigenvalue weighted by Gasteiger charge is -2.43. The lowest BCUT2D eigenvalue weighted by atomic mass is 9.85. The van der Waals surface area contributed by atoms with Crippen molar-refractivity contribution in [3.05, 3.63) is 0 Å². The normalized spacial score (nSPS) is 27.2. The van der Waals surface area contributed by atoms with Gasteiger partial charge in [0.1, 0.15) is 0 Å². The number of unbranched alkanes of at least 4 members (excludes halogenated alkanes) is 1. The maximum atomic E-state index is 5.78. The molecule has 18 heavy (non-hydrogen) atoms. The second-order valence-electron chi connectivity index (χ2n) is 4.87. The van der Waals surface area contributed by atoms with E-state index in [1.165, 1.54) is 6.42 Å². The van der Waals surface area contributed by atoms with E-state index >= 15 is 0 Å². The summed E-state index contributed by atoms with van der Waals surface area (Å²) in [5, 5.41) is 3.48. The van der Waals surface area contributed by atoms with E-state index in [0.29, 0.717) is 19.3 Å². The first-order valence-electron chi connectivity index (χ1n) is 7.29. The molecular formula is C14H29NO3. The first-order chi connectivity index (χ1) is 8.83. The van der Waals surface area contributed by atoms with Gasteiger partial charge in [-0.2, -0.15) is 0 Å². The van der Waals surface area contributed by atoms with E-state index in [9.17, 15) is 0 Å². The first kappa shape index (κ1) is 15.9. The fraction of sp³-hybridized carbons (Fsp3) is 1.00. The Kier molecular flexibility index (Phi) is 8.59. The minimum absolute atomic E-state index is 0.201. The first-order valence-corrected chi connectivity index (χ1v) is 7.29. The van der Waals surface area contributed by atoms with Crippen LogP contribution in [-0.4, -0.2) is 51.7 Å². The van der Waals surface area contributed by atoms with E-state index in [0.717, 1.165) is 32.4 Å². The van der Waals surface area contributed by atoms with Crippen molar-refractivity contribution in [1.82, 2.24) is 5.32 Å². The molecule has 0 aromatic carbocycles. The SMILES string of the molecule is CCCCOCCOC1CC(NCCC)C1OC. The predicted octanol–water partition coefficient (Wildman–Crippen LogP) is 1.98. The summed E-state index contributed by atoms with van der Waals surface area (Å²) < 4.78 is 16.7. The van der Waals surface area contributed by atoms with Crippen LogP contribution in [-0.2, 0) is 14.2 Å². The quantitative estimate of drug-likeness (QED) is 0.576. The van der Waals surface area contributed by atoms with Crippen molar-refractivity contribution in [3.8, 4) is 0 Å². The highest BCUT2D eigenvalue weighted by molar-refractivity contribution is 4.96. The summed E-state index contributed by atoms with van der Waals surface area (Å²) in [5.41, 5.74) is 0. The summed E-state index contributed by atoms with van der Waals surface area (Å²) in [6, 6.07) is 0.459. The van der Waals surface area contributed by atoms with Crippen LogP contribution in [0.1, 0.15) is 39.5 Å².